The van der Waals surface area contributed by atoms with E-state index in [9.17, 15) is 5.11 Å². The van der Waals surface area contributed by atoms with Crippen LogP contribution in [0.4, 0.5) is 0 Å². The second-order valence-electron chi connectivity index (χ2n) is 7.01. The first-order valence-corrected chi connectivity index (χ1v) is 9.06. The number of nitrogens with one attached hydrogen (secondary N) is 2. The Hall–Kier alpha value is -0.810. The zero-order chi connectivity index (χ0) is 15.8. The number of aliphatic hydroxyl groups excluding tert-OH is 1. The van der Waals surface area contributed by atoms with Gasteiger partial charge in [0.2, 0.25) is 0 Å². The summed E-state index contributed by atoms with van der Waals surface area (Å²) in [5.74, 6) is 0.897. The van der Waals surface area contributed by atoms with Gasteiger partial charge in [-0.25, -0.2) is 0 Å². The normalized spacial score (nSPS) is 25.0. The molecule has 2 rings (SSSR count). The van der Waals surface area contributed by atoms with Crippen LogP contribution in [0.25, 0.3) is 0 Å². The number of nitrogens with zero attached hydrogens (tertiary/aromatic N) is 2. The monoisotopic (exact) mass is 310 g/mol. The highest BCUT2D eigenvalue weighted by Crippen LogP contribution is 2.45. The minimum atomic E-state index is 0.0889. The van der Waals surface area contributed by atoms with Crippen LogP contribution in [0.5, 0.6) is 0 Å². The van der Waals surface area contributed by atoms with Crippen LogP contribution in [0.1, 0.15) is 52.4 Å². The predicted octanol–water partition coefficient (Wildman–Crippen LogP) is 1.58. The molecule has 5 nitrogen and oxygen atoms in total. The lowest BCUT2D eigenvalue weighted by atomic mass is 10.0. The van der Waals surface area contributed by atoms with Gasteiger partial charge >= 0.3 is 0 Å². The highest BCUT2D eigenvalue weighted by molar-refractivity contribution is 5.79. The molecule has 0 aromatic rings. The summed E-state index contributed by atoms with van der Waals surface area (Å²) < 4.78 is 0. The summed E-state index contributed by atoms with van der Waals surface area (Å²) in [6, 6.07) is 0.745. The standard InChI is InChI=1S/C17H34N4O/c1-3-18-16(20-13-17(14-22)8-9-17)19-10-6-12-21-11-5-4-7-15(21)2/h15,22H,3-14H2,1-2H3,(H2,18,19,20). The average Bonchev–Trinajstić information content (AvgIpc) is 3.31. The number of aliphatic imine (C=N–C) groups is 1. The first kappa shape index (κ1) is 17.5. The fourth-order valence-electron chi connectivity index (χ4n) is 3.11. The summed E-state index contributed by atoms with van der Waals surface area (Å²) in [5.41, 5.74) is 0.0889. The van der Waals surface area contributed by atoms with Crippen molar-refractivity contribution in [1.82, 2.24) is 15.5 Å². The van der Waals surface area contributed by atoms with Crippen molar-refractivity contribution in [2.45, 2.75) is 58.4 Å². The Morgan fingerprint density at radius 2 is 2.14 bits per heavy atom. The van der Waals surface area contributed by atoms with Gasteiger partial charge in [0, 0.05) is 31.1 Å². The lowest BCUT2D eigenvalue weighted by Gasteiger charge is -2.33. The molecule has 22 heavy (non-hydrogen) atoms. The van der Waals surface area contributed by atoms with E-state index in [-0.39, 0.29) is 12.0 Å². The molecule has 1 unspecified atom stereocenters. The van der Waals surface area contributed by atoms with Gasteiger partial charge in [0.15, 0.2) is 5.96 Å². The van der Waals surface area contributed by atoms with Crippen molar-refractivity contribution in [1.29, 1.82) is 0 Å². The molecule has 2 aliphatic rings. The van der Waals surface area contributed by atoms with E-state index < -0.39 is 0 Å². The van der Waals surface area contributed by atoms with Gasteiger partial charge in [0.05, 0.1) is 13.2 Å². The predicted molar refractivity (Wildman–Crippen MR) is 92.2 cm³/mol. The van der Waals surface area contributed by atoms with Crippen molar-refractivity contribution in [3.63, 3.8) is 0 Å². The van der Waals surface area contributed by atoms with E-state index >= 15 is 0 Å². The highest BCUT2D eigenvalue weighted by Gasteiger charge is 2.41. The second-order valence-corrected chi connectivity index (χ2v) is 7.01. The molecular weight excluding hydrogens is 276 g/mol. The largest absolute Gasteiger partial charge is 0.396 e. The Bertz CT molecular complexity index is 355. The van der Waals surface area contributed by atoms with Gasteiger partial charge < -0.3 is 20.6 Å². The molecule has 0 bridgehead atoms. The number of rotatable bonds is 8. The molecule has 0 radical (unpaired) electrons. The Labute approximate surface area is 135 Å². The third-order valence-corrected chi connectivity index (χ3v) is 5.06. The molecule has 0 aromatic carbocycles. The van der Waals surface area contributed by atoms with Gasteiger partial charge in [0.1, 0.15) is 0 Å². The Kier molecular flexibility index (Phi) is 6.96. The molecule has 3 N–H and O–H groups in total. The molecule has 1 saturated carbocycles. The molecule has 0 amide bonds. The number of piperidine rings is 1. The Morgan fingerprint density at radius 1 is 1.32 bits per heavy atom. The third-order valence-electron chi connectivity index (χ3n) is 5.06. The van der Waals surface area contributed by atoms with Crippen molar-refractivity contribution >= 4 is 5.96 Å². The van der Waals surface area contributed by atoms with Crippen molar-refractivity contribution in [3.8, 4) is 0 Å². The number of hydrogen-bond acceptors (Lipinski definition) is 3. The van der Waals surface area contributed by atoms with Crippen LogP contribution in [-0.4, -0.2) is 61.3 Å². The summed E-state index contributed by atoms with van der Waals surface area (Å²) in [5, 5.41) is 16.1. The van der Waals surface area contributed by atoms with Crippen LogP contribution in [0.15, 0.2) is 4.99 Å². The smallest absolute Gasteiger partial charge is 0.191 e. The molecule has 1 heterocycles. The lowest BCUT2D eigenvalue weighted by Crippen LogP contribution is -2.41. The maximum absolute atomic E-state index is 9.37. The molecule has 2 fully saturated rings. The van der Waals surface area contributed by atoms with E-state index in [1.165, 1.54) is 32.4 Å². The van der Waals surface area contributed by atoms with Crippen molar-refractivity contribution < 1.29 is 5.11 Å². The molecular formula is C17H34N4O. The summed E-state index contributed by atoms with van der Waals surface area (Å²) in [6.07, 6.45) is 7.46. The van der Waals surface area contributed by atoms with E-state index in [2.05, 4.69) is 34.4 Å². The van der Waals surface area contributed by atoms with Crippen LogP contribution in [-0.2, 0) is 0 Å². The minimum Gasteiger partial charge on any atom is -0.396 e. The topological polar surface area (TPSA) is 59.9 Å². The van der Waals surface area contributed by atoms with E-state index in [0.29, 0.717) is 0 Å². The Morgan fingerprint density at radius 3 is 2.77 bits per heavy atom. The maximum Gasteiger partial charge on any atom is 0.191 e. The number of likely N-dealkylation sites (tertiary alicyclic amines) is 1. The van der Waals surface area contributed by atoms with Gasteiger partial charge in [0.25, 0.3) is 0 Å². The molecule has 5 heteroatoms. The van der Waals surface area contributed by atoms with Gasteiger partial charge in [-0.05, 0) is 52.5 Å². The molecule has 0 spiro atoms. The lowest BCUT2D eigenvalue weighted by molar-refractivity contribution is 0.159. The fourth-order valence-corrected chi connectivity index (χ4v) is 3.11. The van der Waals surface area contributed by atoms with Gasteiger partial charge in [-0.15, -0.1) is 0 Å². The van der Waals surface area contributed by atoms with E-state index in [4.69, 9.17) is 0 Å². The van der Waals surface area contributed by atoms with Crippen molar-refractivity contribution in [2.24, 2.45) is 10.4 Å². The zero-order valence-electron chi connectivity index (χ0n) is 14.4. The van der Waals surface area contributed by atoms with Crippen molar-refractivity contribution in [3.05, 3.63) is 0 Å². The summed E-state index contributed by atoms with van der Waals surface area (Å²) in [4.78, 5) is 7.25. The van der Waals surface area contributed by atoms with Crippen molar-refractivity contribution in [2.75, 3.05) is 39.3 Å². The molecule has 1 aliphatic carbocycles. The fraction of sp³-hybridized carbons (Fsp3) is 0.941. The van der Waals surface area contributed by atoms with Crippen LogP contribution in [0.2, 0.25) is 0 Å². The van der Waals surface area contributed by atoms with E-state index in [1.807, 2.05) is 0 Å². The van der Waals surface area contributed by atoms with Crippen LogP contribution < -0.4 is 10.6 Å². The second kappa shape index (κ2) is 8.73. The van der Waals surface area contributed by atoms with E-state index in [0.717, 1.165) is 50.9 Å². The number of guanidine groups is 1. The third kappa shape index (κ3) is 5.43. The summed E-state index contributed by atoms with van der Waals surface area (Å²) >= 11 is 0. The van der Waals surface area contributed by atoms with Gasteiger partial charge in [-0.2, -0.15) is 0 Å². The van der Waals surface area contributed by atoms with E-state index in [1.54, 1.807) is 0 Å². The summed E-state index contributed by atoms with van der Waals surface area (Å²) in [6.45, 7) is 9.71. The minimum absolute atomic E-state index is 0.0889. The maximum atomic E-state index is 9.37. The Balaban J connectivity index is 1.66. The highest BCUT2D eigenvalue weighted by atomic mass is 16.3. The average molecular weight is 310 g/mol. The van der Waals surface area contributed by atoms with Gasteiger partial charge in [-0.1, -0.05) is 6.42 Å². The first-order chi connectivity index (χ1) is 10.7. The van der Waals surface area contributed by atoms with Crippen LogP contribution in [0, 0.1) is 5.41 Å². The molecule has 1 aliphatic heterocycles. The van der Waals surface area contributed by atoms with Crippen LogP contribution >= 0.6 is 0 Å². The number of hydrogen-bond donors (Lipinski definition) is 3. The number of aliphatic hydroxyl groups is 1. The summed E-state index contributed by atoms with van der Waals surface area (Å²) in [7, 11) is 0. The molecule has 0 aromatic heterocycles. The first-order valence-electron chi connectivity index (χ1n) is 9.06. The molecule has 1 saturated heterocycles. The zero-order valence-corrected chi connectivity index (χ0v) is 14.4. The quantitative estimate of drug-likeness (QED) is 0.362. The van der Waals surface area contributed by atoms with Gasteiger partial charge in [-0.3, -0.25) is 4.99 Å². The van der Waals surface area contributed by atoms with Crippen LogP contribution in [0.3, 0.4) is 0 Å². The SMILES string of the molecule is CCNC(=NCC1(CO)CC1)NCCCN1CCCCC1C. The molecule has 128 valence electrons. The molecule has 1 atom stereocenters.